The van der Waals surface area contributed by atoms with Crippen molar-refractivity contribution in [2.75, 3.05) is 46.3 Å². The van der Waals surface area contributed by atoms with E-state index in [1.165, 1.54) is 4.90 Å². The highest BCUT2D eigenvalue weighted by Crippen LogP contribution is 2.54. The molecule has 2 fully saturated rings. The molecule has 1 aromatic rings. The zero-order valence-corrected chi connectivity index (χ0v) is 24.6. The van der Waals surface area contributed by atoms with Crippen LogP contribution in [0.25, 0.3) is 5.76 Å². The molecule has 1 aromatic carbocycles. The Hall–Kier alpha value is -3.41. The van der Waals surface area contributed by atoms with E-state index < -0.39 is 58.0 Å². The third-order valence-corrected chi connectivity index (χ3v) is 9.66. The van der Waals surface area contributed by atoms with Gasteiger partial charge in [0.05, 0.1) is 11.6 Å². The van der Waals surface area contributed by atoms with E-state index in [1.54, 1.807) is 14.1 Å². The first-order valence-electron chi connectivity index (χ1n) is 14.6. The number of ketones is 2. The second kappa shape index (κ2) is 11.0. The van der Waals surface area contributed by atoms with Gasteiger partial charge in [0.2, 0.25) is 5.78 Å². The van der Waals surface area contributed by atoms with Gasteiger partial charge in [-0.25, -0.2) is 0 Å². The summed E-state index contributed by atoms with van der Waals surface area (Å²) in [6.07, 6.45) is 4.74. The topological polar surface area (TPSA) is 174 Å². The molecule has 228 valence electrons. The van der Waals surface area contributed by atoms with Crippen LogP contribution >= 0.6 is 0 Å². The molecule has 3 aliphatic carbocycles. The van der Waals surface area contributed by atoms with Crippen molar-refractivity contribution in [1.29, 1.82) is 0 Å². The molecular formula is C31H41N3O8. The summed E-state index contributed by atoms with van der Waals surface area (Å²) >= 11 is 0. The molecule has 0 spiro atoms. The van der Waals surface area contributed by atoms with Crippen molar-refractivity contribution in [3.63, 3.8) is 0 Å². The summed E-state index contributed by atoms with van der Waals surface area (Å²) < 4.78 is 5.45. The minimum atomic E-state index is -2.65. The number of benzene rings is 1. The molecule has 1 saturated carbocycles. The van der Waals surface area contributed by atoms with Crippen molar-refractivity contribution >= 4 is 28.9 Å². The van der Waals surface area contributed by atoms with E-state index in [4.69, 9.17) is 10.5 Å². The second-order valence-electron chi connectivity index (χ2n) is 12.6. The number of phenolic OH excluding ortho intramolecular Hbond substituents is 1. The quantitative estimate of drug-likeness (QED) is 0.298. The van der Waals surface area contributed by atoms with Gasteiger partial charge in [0.15, 0.2) is 11.4 Å². The zero-order valence-electron chi connectivity index (χ0n) is 24.6. The molecule has 11 nitrogen and oxygen atoms in total. The number of aliphatic hydroxyl groups is 3. The van der Waals surface area contributed by atoms with Gasteiger partial charge < -0.3 is 35.8 Å². The van der Waals surface area contributed by atoms with E-state index in [1.807, 2.05) is 25.1 Å². The van der Waals surface area contributed by atoms with Crippen molar-refractivity contribution in [2.24, 2.45) is 23.5 Å². The molecule has 1 aliphatic heterocycles. The lowest BCUT2D eigenvalue weighted by molar-refractivity contribution is -0.153. The fourth-order valence-corrected chi connectivity index (χ4v) is 7.55. The summed E-state index contributed by atoms with van der Waals surface area (Å²) in [7, 11) is 6.91. The number of hydrogen-bond donors (Lipinski definition) is 5. The normalized spacial score (nSPS) is 28.1. The minimum absolute atomic E-state index is 0.0618. The van der Waals surface area contributed by atoms with Crippen LogP contribution in [0.15, 0.2) is 23.0 Å². The Labute approximate surface area is 245 Å². The van der Waals surface area contributed by atoms with E-state index in [2.05, 4.69) is 0 Å². The lowest BCUT2D eigenvalue weighted by Crippen LogP contribution is -2.65. The SMILES string of the molecule is CN(C)c1cc(CCCC2CCOCC2)c(O)c2c1CC1CC3C(N(C)C)C(=O)C(C(N)=O)=C(O)C3(O)C(=O)C1=C2O. The van der Waals surface area contributed by atoms with Crippen LogP contribution in [0.1, 0.15) is 48.8 Å². The van der Waals surface area contributed by atoms with Crippen LogP contribution in [0.2, 0.25) is 0 Å². The Morgan fingerprint density at radius 1 is 1.12 bits per heavy atom. The van der Waals surface area contributed by atoms with Gasteiger partial charge in [0.1, 0.15) is 22.8 Å². The van der Waals surface area contributed by atoms with E-state index in [-0.39, 0.29) is 29.7 Å². The Balaban J connectivity index is 1.60. The number of ether oxygens (including phenoxy) is 1. The van der Waals surface area contributed by atoms with E-state index in [0.717, 1.165) is 44.6 Å². The highest BCUT2D eigenvalue weighted by Gasteiger charge is 2.64. The molecule has 4 atom stereocenters. The number of amides is 1. The van der Waals surface area contributed by atoms with Gasteiger partial charge in [-0.2, -0.15) is 0 Å². The Bertz CT molecular complexity index is 1390. The molecule has 0 bridgehead atoms. The number of carbonyl (C=O) groups is 3. The molecular weight excluding hydrogens is 542 g/mol. The van der Waals surface area contributed by atoms with Crippen LogP contribution in [0, 0.1) is 17.8 Å². The Kier molecular flexibility index (Phi) is 7.88. The van der Waals surface area contributed by atoms with Crippen LogP contribution in [-0.4, -0.2) is 95.8 Å². The van der Waals surface area contributed by atoms with Gasteiger partial charge in [0, 0.05) is 44.5 Å². The fourth-order valence-electron chi connectivity index (χ4n) is 7.55. The zero-order chi connectivity index (χ0) is 30.7. The van der Waals surface area contributed by atoms with Crippen LogP contribution in [0.4, 0.5) is 5.69 Å². The van der Waals surface area contributed by atoms with Gasteiger partial charge in [-0.1, -0.05) is 0 Å². The first-order chi connectivity index (χ1) is 19.8. The lowest BCUT2D eigenvalue weighted by Gasteiger charge is -2.50. The average Bonchev–Trinajstić information content (AvgIpc) is 2.92. The van der Waals surface area contributed by atoms with Gasteiger partial charge in [-0.15, -0.1) is 0 Å². The van der Waals surface area contributed by atoms with Crippen LogP contribution in [0.3, 0.4) is 0 Å². The number of carbonyl (C=O) groups excluding carboxylic acids is 3. The molecule has 6 N–H and O–H groups in total. The number of aryl methyl sites for hydroxylation is 1. The maximum atomic E-state index is 14.1. The van der Waals surface area contributed by atoms with Crippen molar-refractivity contribution in [3.05, 3.63) is 39.7 Å². The van der Waals surface area contributed by atoms with Crippen molar-refractivity contribution in [3.8, 4) is 5.75 Å². The molecule has 42 heavy (non-hydrogen) atoms. The molecule has 1 amide bonds. The number of Topliss-reactive ketones (excluding diaryl/α,β-unsaturated/α-hetero) is 2. The Morgan fingerprint density at radius 3 is 2.38 bits per heavy atom. The fraction of sp³-hybridized carbons (Fsp3) is 0.581. The number of aliphatic hydroxyl groups excluding tert-OH is 2. The molecule has 4 aliphatic rings. The van der Waals surface area contributed by atoms with Crippen molar-refractivity contribution < 1.29 is 39.5 Å². The number of phenols is 1. The van der Waals surface area contributed by atoms with Gasteiger partial charge in [-0.05, 0) is 88.1 Å². The molecule has 1 saturated heterocycles. The largest absolute Gasteiger partial charge is 0.508 e. The second-order valence-corrected chi connectivity index (χ2v) is 12.6. The van der Waals surface area contributed by atoms with Crippen LogP contribution in [-0.2, 0) is 32.0 Å². The first-order valence-corrected chi connectivity index (χ1v) is 14.6. The molecule has 4 unspecified atom stereocenters. The maximum Gasteiger partial charge on any atom is 0.255 e. The van der Waals surface area contributed by atoms with Crippen molar-refractivity contribution in [1.82, 2.24) is 4.90 Å². The third kappa shape index (κ3) is 4.58. The molecule has 11 heteroatoms. The van der Waals surface area contributed by atoms with E-state index in [9.17, 15) is 34.8 Å². The minimum Gasteiger partial charge on any atom is -0.508 e. The highest BCUT2D eigenvalue weighted by molar-refractivity contribution is 6.24. The lowest BCUT2D eigenvalue weighted by atomic mass is 9.57. The predicted molar refractivity (Wildman–Crippen MR) is 155 cm³/mol. The molecule has 0 aromatic heterocycles. The van der Waals surface area contributed by atoms with Crippen molar-refractivity contribution in [2.45, 2.75) is 56.6 Å². The first kappa shape index (κ1) is 30.1. The van der Waals surface area contributed by atoms with Crippen LogP contribution in [0.5, 0.6) is 5.75 Å². The molecule has 0 radical (unpaired) electrons. The molecule has 5 rings (SSSR count). The smallest absolute Gasteiger partial charge is 0.255 e. The number of fused-ring (bicyclic) bond motifs is 3. The van der Waals surface area contributed by atoms with E-state index in [0.29, 0.717) is 23.5 Å². The van der Waals surface area contributed by atoms with Gasteiger partial charge in [0.25, 0.3) is 5.91 Å². The third-order valence-electron chi connectivity index (χ3n) is 9.66. The summed E-state index contributed by atoms with van der Waals surface area (Å²) in [6.45, 7) is 1.52. The summed E-state index contributed by atoms with van der Waals surface area (Å²) in [5.74, 6) is -5.82. The number of nitrogens with zero attached hydrogens (tertiary/aromatic N) is 2. The van der Waals surface area contributed by atoms with E-state index >= 15 is 0 Å². The summed E-state index contributed by atoms with van der Waals surface area (Å²) in [6, 6.07) is 0.819. The summed E-state index contributed by atoms with van der Waals surface area (Å²) in [5.41, 5.74) is 4.04. The number of likely N-dealkylation sites (N-methyl/N-ethyl adjacent to an activating group) is 1. The van der Waals surface area contributed by atoms with Crippen LogP contribution < -0.4 is 10.6 Å². The number of nitrogens with two attached hydrogens (primary N) is 1. The summed E-state index contributed by atoms with van der Waals surface area (Å²) in [4.78, 5) is 43.0. The molecule has 1 heterocycles. The average molecular weight is 584 g/mol. The number of hydrogen-bond acceptors (Lipinski definition) is 10. The standard InChI is InChI=1S/C31H41N3O8/c1-33(2)20-14-16(7-5-6-15-8-10-42-11-9-15)25(35)22-18(20)12-17-13-19-24(34(3)4)27(37)23(30(32)40)29(39)31(19,41)28(38)21(17)26(22)36/h14-15,17,19,24,35-36,39,41H,5-13H2,1-4H3,(H2,32,40). The van der Waals surface area contributed by atoms with Gasteiger partial charge in [-0.3, -0.25) is 19.3 Å². The monoisotopic (exact) mass is 583 g/mol. The maximum absolute atomic E-state index is 14.1. The summed E-state index contributed by atoms with van der Waals surface area (Å²) in [5, 5.41) is 46.0. The number of anilines is 1. The number of rotatable bonds is 7. The number of primary amides is 1. The Morgan fingerprint density at radius 2 is 1.79 bits per heavy atom. The predicted octanol–water partition coefficient (Wildman–Crippen LogP) is 1.78. The van der Waals surface area contributed by atoms with Gasteiger partial charge >= 0.3 is 0 Å². The highest BCUT2D eigenvalue weighted by atomic mass is 16.5. The number of aromatic hydroxyl groups is 1.